The number of ether oxygens (including phenoxy) is 1. The molecule has 0 aliphatic rings. The number of halogens is 1. The summed E-state index contributed by atoms with van der Waals surface area (Å²) >= 11 is 0. The normalized spacial score (nSPS) is 10.4. The van der Waals surface area contributed by atoms with E-state index in [0.29, 0.717) is 29.2 Å². The fourth-order valence-electron chi connectivity index (χ4n) is 2.01. The van der Waals surface area contributed by atoms with Gasteiger partial charge in [-0.25, -0.2) is 4.39 Å². The summed E-state index contributed by atoms with van der Waals surface area (Å²) in [5, 5.41) is 13.9. The molecule has 2 aromatic carbocycles. The third kappa shape index (κ3) is 3.35. The van der Waals surface area contributed by atoms with Gasteiger partial charge in [0, 0.05) is 18.2 Å². The molecule has 0 aliphatic heterocycles. The highest BCUT2D eigenvalue weighted by atomic mass is 19.1. The molecule has 0 saturated heterocycles. The molecule has 110 valence electrons. The molecule has 0 bridgehead atoms. The Labute approximate surface area is 121 Å². The van der Waals surface area contributed by atoms with E-state index < -0.39 is 4.92 Å². The van der Waals surface area contributed by atoms with Crippen molar-refractivity contribution in [2.45, 2.75) is 13.5 Å². The largest absolute Gasteiger partial charge is 0.456 e. The predicted octanol–water partition coefficient (Wildman–Crippen LogP) is 3.55. The van der Waals surface area contributed by atoms with Crippen LogP contribution >= 0.6 is 0 Å². The minimum atomic E-state index is -0.457. The van der Waals surface area contributed by atoms with Gasteiger partial charge in [0.25, 0.3) is 5.69 Å². The van der Waals surface area contributed by atoms with Crippen molar-refractivity contribution in [3.63, 3.8) is 0 Å². The van der Waals surface area contributed by atoms with Crippen molar-refractivity contribution in [2.24, 2.45) is 0 Å². The summed E-state index contributed by atoms with van der Waals surface area (Å²) < 4.78 is 19.0. The van der Waals surface area contributed by atoms with E-state index in [1.807, 2.05) is 0 Å². The zero-order valence-electron chi connectivity index (χ0n) is 11.7. The van der Waals surface area contributed by atoms with Crippen LogP contribution < -0.4 is 10.1 Å². The van der Waals surface area contributed by atoms with Crippen LogP contribution in [0.25, 0.3) is 0 Å². The van der Waals surface area contributed by atoms with Crippen LogP contribution in [0.5, 0.6) is 11.5 Å². The molecule has 0 saturated carbocycles. The van der Waals surface area contributed by atoms with Crippen molar-refractivity contribution in [3.05, 3.63) is 63.5 Å². The molecule has 2 rings (SSSR count). The molecule has 0 aliphatic carbocycles. The van der Waals surface area contributed by atoms with Gasteiger partial charge in [0.05, 0.1) is 10.5 Å². The van der Waals surface area contributed by atoms with E-state index in [9.17, 15) is 14.5 Å². The van der Waals surface area contributed by atoms with Crippen LogP contribution in [0.15, 0.2) is 36.4 Å². The van der Waals surface area contributed by atoms with E-state index in [4.69, 9.17) is 4.74 Å². The number of nitro groups is 1. The summed E-state index contributed by atoms with van der Waals surface area (Å²) in [5.74, 6) is 0.492. The van der Waals surface area contributed by atoms with E-state index in [1.165, 1.54) is 24.3 Å². The zero-order chi connectivity index (χ0) is 15.4. The summed E-state index contributed by atoms with van der Waals surface area (Å²) in [7, 11) is 1.74. The van der Waals surface area contributed by atoms with Gasteiger partial charge in [0.1, 0.15) is 17.3 Å². The first-order chi connectivity index (χ1) is 10.0. The molecule has 0 fully saturated rings. The van der Waals surface area contributed by atoms with Crippen LogP contribution in [-0.2, 0) is 6.54 Å². The lowest BCUT2D eigenvalue weighted by Crippen LogP contribution is -2.07. The minimum Gasteiger partial charge on any atom is -0.456 e. The molecule has 0 unspecified atom stereocenters. The first-order valence-electron chi connectivity index (χ1n) is 6.38. The highest BCUT2D eigenvalue weighted by Gasteiger charge is 2.15. The predicted molar refractivity (Wildman–Crippen MR) is 77.1 cm³/mol. The first kappa shape index (κ1) is 14.9. The smallest absolute Gasteiger partial charge is 0.276 e. The van der Waals surface area contributed by atoms with E-state index in [-0.39, 0.29) is 11.5 Å². The summed E-state index contributed by atoms with van der Waals surface area (Å²) in [6.45, 7) is 2.05. The van der Waals surface area contributed by atoms with Gasteiger partial charge in [-0.15, -0.1) is 0 Å². The van der Waals surface area contributed by atoms with Crippen LogP contribution in [0.2, 0.25) is 0 Å². The van der Waals surface area contributed by atoms with E-state index in [2.05, 4.69) is 5.32 Å². The second-order valence-corrected chi connectivity index (χ2v) is 4.54. The Balaban J connectivity index is 2.39. The van der Waals surface area contributed by atoms with Crippen molar-refractivity contribution in [1.82, 2.24) is 5.32 Å². The molecule has 0 spiro atoms. The van der Waals surface area contributed by atoms with Crippen LogP contribution in [0, 0.1) is 22.9 Å². The number of hydrogen-bond acceptors (Lipinski definition) is 4. The Morgan fingerprint density at radius 3 is 2.71 bits per heavy atom. The Morgan fingerprint density at radius 2 is 2.05 bits per heavy atom. The Kier molecular flexibility index (Phi) is 4.49. The first-order valence-corrected chi connectivity index (χ1v) is 6.38. The fraction of sp³-hybridized carbons (Fsp3) is 0.200. The molecule has 0 atom stereocenters. The SMILES string of the molecule is CNCc1cc(F)ccc1Oc1cccc([N+](=O)[O-])c1C. The number of hydrogen-bond donors (Lipinski definition) is 1. The lowest BCUT2D eigenvalue weighted by molar-refractivity contribution is -0.385. The van der Waals surface area contributed by atoms with Crippen LogP contribution in [-0.4, -0.2) is 12.0 Å². The molecule has 0 aromatic heterocycles. The number of nitrogens with one attached hydrogen (secondary N) is 1. The minimum absolute atomic E-state index is 0.00946. The lowest BCUT2D eigenvalue weighted by Gasteiger charge is -2.13. The van der Waals surface area contributed by atoms with Crippen molar-refractivity contribution < 1.29 is 14.1 Å². The zero-order valence-corrected chi connectivity index (χ0v) is 11.7. The monoisotopic (exact) mass is 290 g/mol. The maximum atomic E-state index is 13.3. The maximum Gasteiger partial charge on any atom is 0.276 e. The van der Waals surface area contributed by atoms with Crippen molar-refractivity contribution in [3.8, 4) is 11.5 Å². The highest BCUT2D eigenvalue weighted by Crippen LogP contribution is 2.32. The van der Waals surface area contributed by atoms with Gasteiger partial charge >= 0.3 is 0 Å². The standard InChI is InChI=1S/C15H15FN2O3/c1-10-13(18(19)20)4-3-5-14(10)21-15-7-6-12(16)8-11(15)9-17-2/h3-8,17H,9H2,1-2H3. The number of nitro benzene ring substituents is 1. The fourth-order valence-corrected chi connectivity index (χ4v) is 2.01. The summed E-state index contributed by atoms with van der Waals surface area (Å²) in [5.41, 5.74) is 1.07. The van der Waals surface area contributed by atoms with E-state index in [1.54, 1.807) is 26.1 Å². The number of nitrogens with zero attached hydrogens (tertiary/aromatic N) is 1. The van der Waals surface area contributed by atoms with Gasteiger partial charge in [-0.05, 0) is 38.2 Å². The third-order valence-electron chi connectivity index (χ3n) is 3.06. The van der Waals surface area contributed by atoms with Gasteiger partial charge in [-0.3, -0.25) is 10.1 Å². The van der Waals surface area contributed by atoms with Crippen LogP contribution in [0.4, 0.5) is 10.1 Å². The molecular formula is C15H15FN2O3. The van der Waals surface area contributed by atoms with Crippen LogP contribution in [0.3, 0.4) is 0 Å². The van der Waals surface area contributed by atoms with Crippen molar-refractivity contribution in [1.29, 1.82) is 0 Å². The van der Waals surface area contributed by atoms with E-state index >= 15 is 0 Å². The molecule has 0 heterocycles. The lowest BCUT2D eigenvalue weighted by atomic mass is 10.1. The van der Waals surface area contributed by atoms with Gasteiger partial charge in [0.2, 0.25) is 0 Å². The van der Waals surface area contributed by atoms with Crippen LogP contribution in [0.1, 0.15) is 11.1 Å². The Morgan fingerprint density at radius 1 is 1.29 bits per heavy atom. The highest BCUT2D eigenvalue weighted by molar-refractivity contribution is 5.50. The van der Waals surface area contributed by atoms with Crippen molar-refractivity contribution in [2.75, 3.05) is 7.05 Å². The molecular weight excluding hydrogens is 275 g/mol. The van der Waals surface area contributed by atoms with Gasteiger partial charge in [-0.2, -0.15) is 0 Å². The molecule has 5 nitrogen and oxygen atoms in total. The van der Waals surface area contributed by atoms with Gasteiger partial charge in [0.15, 0.2) is 0 Å². The molecule has 0 radical (unpaired) electrons. The van der Waals surface area contributed by atoms with E-state index in [0.717, 1.165) is 0 Å². The maximum absolute atomic E-state index is 13.3. The van der Waals surface area contributed by atoms with Gasteiger partial charge < -0.3 is 10.1 Å². The molecule has 21 heavy (non-hydrogen) atoms. The summed E-state index contributed by atoms with van der Waals surface area (Å²) in [6, 6.07) is 8.80. The summed E-state index contributed by atoms with van der Waals surface area (Å²) in [4.78, 5) is 10.5. The average molecular weight is 290 g/mol. The quantitative estimate of drug-likeness (QED) is 0.675. The Bertz CT molecular complexity index is 674. The second-order valence-electron chi connectivity index (χ2n) is 4.54. The summed E-state index contributed by atoms with van der Waals surface area (Å²) in [6.07, 6.45) is 0. The topological polar surface area (TPSA) is 64.4 Å². The Hall–Kier alpha value is -2.47. The number of benzene rings is 2. The van der Waals surface area contributed by atoms with Crippen molar-refractivity contribution >= 4 is 5.69 Å². The molecule has 2 aromatic rings. The third-order valence-corrected chi connectivity index (χ3v) is 3.06. The number of rotatable bonds is 5. The molecule has 0 amide bonds. The second kappa shape index (κ2) is 6.32. The molecule has 1 N–H and O–H groups in total. The van der Waals surface area contributed by atoms with Gasteiger partial charge in [-0.1, -0.05) is 6.07 Å². The average Bonchev–Trinajstić information content (AvgIpc) is 2.44. The molecule has 6 heteroatoms.